The highest BCUT2D eigenvalue weighted by atomic mass is 35.5. The second-order valence-electron chi connectivity index (χ2n) is 4.79. The van der Waals surface area contributed by atoms with E-state index in [4.69, 9.17) is 17.4 Å². The summed E-state index contributed by atoms with van der Waals surface area (Å²) in [5, 5.41) is 0. The van der Waals surface area contributed by atoms with Crippen LogP contribution < -0.4 is 11.3 Å². The Balaban J connectivity index is 2.29. The number of hydrogen-bond donors (Lipinski definition) is 2. The largest absolute Gasteiger partial charge is 0.271 e. The van der Waals surface area contributed by atoms with E-state index in [1.165, 1.54) is 32.1 Å². The molecule has 0 saturated heterocycles. The van der Waals surface area contributed by atoms with Crippen LogP contribution in [0.1, 0.15) is 51.9 Å². The number of alkyl halides is 1. The summed E-state index contributed by atoms with van der Waals surface area (Å²) in [4.78, 5) is 0. The molecule has 0 aliphatic heterocycles. The third kappa shape index (κ3) is 4.29. The fourth-order valence-electron chi connectivity index (χ4n) is 2.75. The first-order valence-electron chi connectivity index (χ1n) is 6.33. The number of halogens is 1. The van der Waals surface area contributed by atoms with Gasteiger partial charge in [0.15, 0.2) is 0 Å². The van der Waals surface area contributed by atoms with Gasteiger partial charge in [-0.3, -0.25) is 11.3 Å². The van der Waals surface area contributed by atoms with Crippen LogP contribution in [-0.4, -0.2) is 11.9 Å². The number of rotatable bonds is 6. The summed E-state index contributed by atoms with van der Waals surface area (Å²) in [6.07, 6.45) is 9.01. The first kappa shape index (κ1) is 13.3. The molecule has 1 saturated carbocycles. The monoisotopic (exact) mass is 232 g/mol. The normalized spacial score (nSPS) is 29.0. The van der Waals surface area contributed by atoms with E-state index < -0.39 is 0 Å². The lowest BCUT2D eigenvalue weighted by molar-refractivity contribution is 0.211. The van der Waals surface area contributed by atoms with Gasteiger partial charge in [0.25, 0.3) is 0 Å². The van der Waals surface area contributed by atoms with Gasteiger partial charge >= 0.3 is 0 Å². The fourth-order valence-corrected chi connectivity index (χ4v) is 2.91. The molecule has 0 radical (unpaired) electrons. The van der Waals surface area contributed by atoms with Crippen molar-refractivity contribution in [2.45, 2.75) is 57.9 Å². The Morgan fingerprint density at radius 1 is 1.33 bits per heavy atom. The van der Waals surface area contributed by atoms with Gasteiger partial charge in [0.1, 0.15) is 0 Å². The van der Waals surface area contributed by atoms with Crippen LogP contribution in [-0.2, 0) is 0 Å². The van der Waals surface area contributed by atoms with Crippen molar-refractivity contribution in [3.8, 4) is 0 Å². The van der Waals surface area contributed by atoms with Gasteiger partial charge in [0.05, 0.1) is 0 Å². The number of nitrogens with two attached hydrogens (primary N) is 1. The van der Waals surface area contributed by atoms with E-state index in [0.717, 1.165) is 30.6 Å². The van der Waals surface area contributed by atoms with Crippen LogP contribution in [0.3, 0.4) is 0 Å². The van der Waals surface area contributed by atoms with E-state index in [1.807, 2.05) is 0 Å². The third-order valence-electron chi connectivity index (χ3n) is 3.90. The Morgan fingerprint density at radius 2 is 2.00 bits per heavy atom. The molecule has 1 rings (SSSR count). The zero-order chi connectivity index (χ0) is 11.1. The minimum Gasteiger partial charge on any atom is -0.271 e. The predicted molar refractivity (Wildman–Crippen MR) is 66.8 cm³/mol. The predicted octanol–water partition coefficient (Wildman–Crippen LogP) is 3.05. The lowest BCUT2D eigenvalue weighted by Crippen LogP contribution is -2.42. The summed E-state index contributed by atoms with van der Waals surface area (Å²) in [5.41, 5.74) is 2.98. The molecular formula is C12H25ClN2. The molecule has 1 fully saturated rings. The molecule has 0 aromatic heterocycles. The van der Waals surface area contributed by atoms with E-state index in [1.54, 1.807) is 0 Å². The van der Waals surface area contributed by atoms with Gasteiger partial charge in [-0.2, -0.15) is 0 Å². The summed E-state index contributed by atoms with van der Waals surface area (Å²) in [6, 6.07) is 0.488. The van der Waals surface area contributed by atoms with Crippen LogP contribution in [0, 0.1) is 11.8 Å². The number of hydrazine groups is 1. The molecule has 1 aliphatic carbocycles. The highest BCUT2D eigenvalue weighted by Gasteiger charge is 2.25. The Bertz CT molecular complexity index is 156. The Morgan fingerprint density at radius 3 is 2.47 bits per heavy atom. The number of nitrogens with one attached hydrogen (secondary N) is 1. The first-order valence-corrected chi connectivity index (χ1v) is 6.87. The SMILES string of the molecule is CCC1CCC(C(CCCCl)NN)CC1. The van der Waals surface area contributed by atoms with Crippen molar-refractivity contribution >= 4 is 11.6 Å². The van der Waals surface area contributed by atoms with Crippen molar-refractivity contribution < 1.29 is 0 Å². The van der Waals surface area contributed by atoms with Gasteiger partial charge in [-0.15, -0.1) is 11.6 Å². The molecular weight excluding hydrogens is 208 g/mol. The molecule has 3 heteroatoms. The topological polar surface area (TPSA) is 38.0 Å². The molecule has 0 aromatic carbocycles. The van der Waals surface area contributed by atoms with Crippen molar-refractivity contribution in [1.82, 2.24) is 5.43 Å². The molecule has 3 N–H and O–H groups in total. The highest BCUT2D eigenvalue weighted by molar-refractivity contribution is 6.17. The maximum atomic E-state index is 5.72. The van der Waals surface area contributed by atoms with Crippen LogP contribution in [0.4, 0.5) is 0 Å². The minimum absolute atomic E-state index is 0.488. The molecule has 0 amide bonds. The summed E-state index contributed by atoms with van der Waals surface area (Å²) < 4.78 is 0. The molecule has 90 valence electrons. The molecule has 0 heterocycles. The van der Waals surface area contributed by atoms with Gasteiger partial charge < -0.3 is 0 Å². The van der Waals surface area contributed by atoms with Crippen LogP contribution >= 0.6 is 11.6 Å². The summed E-state index contributed by atoms with van der Waals surface area (Å²) in [6.45, 7) is 2.30. The van der Waals surface area contributed by atoms with E-state index in [9.17, 15) is 0 Å². The van der Waals surface area contributed by atoms with Crippen molar-refractivity contribution in [2.75, 3.05) is 5.88 Å². The molecule has 0 spiro atoms. The molecule has 0 aromatic rings. The second kappa shape index (κ2) is 7.48. The Hall–Kier alpha value is 0.210. The van der Waals surface area contributed by atoms with Gasteiger partial charge in [0, 0.05) is 11.9 Å². The van der Waals surface area contributed by atoms with Crippen LogP contribution in [0.5, 0.6) is 0 Å². The first-order chi connectivity index (χ1) is 7.31. The standard InChI is InChI=1S/C12H25ClN2/c1-2-10-5-7-11(8-6-10)12(15-14)4-3-9-13/h10-12,15H,2-9,14H2,1H3. The molecule has 1 unspecified atom stereocenters. The number of hydrogen-bond acceptors (Lipinski definition) is 2. The molecule has 2 nitrogen and oxygen atoms in total. The van der Waals surface area contributed by atoms with Gasteiger partial charge in [-0.25, -0.2) is 0 Å². The highest BCUT2D eigenvalue weighted by Crippen LogP contribution is 2.33. The van der Waals surface area contributed by atoms with Crippen molar-refractivity contribution in [2.24, 2.45) is 17.7 Å². The minimum atomic E-state index is 0.488. The van der Waals surface area contributed by atoms with Crippen LogP contribution in [0.15, 0.2) is 0 Å². The molecule has 1 aliphatic rings. The van der Waals surface area contributed by atoms with Crippen molar-refractivity contribution in [3.05, 3.63) is 0 Å². The van der Waals surface area contributed by atoms with Crippen molar-refractivity contribution in [3.63, 3.8) is 0 Å². The van der Waals surface area contributed by atoms with E-state index in [2.05, 4.69) is 12.3 Å². The average Bonchev–Trinajstić information content (AvgIpc) is 2.31. The lowest BCUT2D eigenvalue weighted by atomic mass is 9.77. The maximum Gasteiger partial charge on any atom is 0.0239 e. The zero-order valence-electron chi connectivity index (χ0n) is 9.84. The van der Waals surface area contributed by atoms with Gasteiger partial charge in [-0.1, -0.05) is 26.2 Å². The second-order valence-corrected chi connectivity index (χ2v) is 5.17. The van der Waals surface area contributed by atoms with E-state index in [-0.39, 0.29) is 0 Å². The lowest BCUT2D eigenvalue weighted by Gasteiger charge is -2.33. The van der Waals surface area contributed by atoms with Crippen molar-refractivity contribution in [1.29, 1.82) is 0 Å². The molecule has 15 heavy (non-hydrogen) atoms. The summed E-state index contributed by atoms with van der Waals surface area (Å²) >= 11 is 5.72. The maximum absolute atomic E-state index is 5.72. The molecule has 1 atom stereocenters. The van der Waals surface area contributed by atoms with Crippen LogP contribution in [0.25, 0.3) is 0 Å². The molecule has 0 bridgehead atoms. The zero-order valence-corrected chi connectivity index (χ0v) is 10.6. The Labute approximate surface area is 98.9 Å². The smallest absolute Gasteiger partial charge is 0.0239 e. The summed E-state index contributed by atoms with van der Waals surface area (Å²) in [7, 11) is 0. The van der Waals surface area contributed by atoms with Gasteiger partial charge in [0.2, 0.25) is 0 Å². The average molecular weight is 233 g/mol. The van der Waals surface area contributed by atoms with E-state index >= 15 is 0 Å². The quantitative estimate of drug-likeness (QED) is 0.420. The summed E-state index contributed by atoms with van der Waals surface area (Å²) in [5.74, 6) is 8.12. The van der Waals surface area contributed by atoms with Crippen LogP contribution in [0.2, 0.25) is 0 Å². The Kier molecular flexibility index (Phi) is 6.62. The van der Waals surface area contributed by atoms with E-state index in [0.29, 0.717) is 6.04 Å². The van der Waals surface area contributed by atoms with Gasteiger partial charge in [-0.05, 0) is 37.5 Å². The fraction of sp³-hybridized carbons (Fsp3) is 1.00. The third-order valence-corrected chi connectivity index (χ3v) is 4.17.